The fourth-order valence-electron chi connectivity index (χ4n) is 6.90. The second-order valence-electron chi connectivity index (χ2n) is 15.2. The Morgan fingerprint density at radius 3 is 0.688 bits per heavy atom. The van der Waals surface area contributed by atoms with Gasteiger partial charge in [0.2, 0.25) is 11.8 Å². The molecule has 0 radical (unpaired) electrons. The topological polar surface area (TPSA) is 58.2 Å². The van der Waals surface area contributed by atoms with Gasteiger partial charge in [-0.05, 0) is 25.7 Å². The summed E-state index contributed by atoms with van der Waals surface area (Å²) in [7, 11) is 0. The minimum Gasteiger partial charge on any atom is -0.356 e. The summed E-state index contributed by atoms with van der Waals surface area (Å²) in [5, 5.41) is 6.21. The van der Waals surface area contributed by atoms with E-state index in [-0.39, 0.29) is 11.8 Å². The Kier molecular flexibility index (Phi) is 41.2. The van der Waals surface area contributed by atoms with Crippen molar-refractivity contribution in [2.45, 2.75) is 258 Å². The minimum atomic E-state index is 0.201. The van der Waals surface area contributed by atoms with Crippen LogP contribution in [0.3, 0.4) is 0 Å². The highest BCUT2D eigenvalue weighted by Crippen LogP contribution is 2.15. The van der Waals surface area contributed by atoms with Crippen LogP contribution in [0.15, 0.2) is 0 Å². The third-order valence-corrected chi connectivity index (χ3v) is 10.3. The van der Waals surface area contributed by atoms with E-state index in [0.29, 0.717) is 12.8 Å². The molecule has 0 unspecified atom stereocenters. The molecule has 48 heavy (non-hydrogen) atoms. The van der Waals surface area contributed by atoms with E-state index in [1.807, 2.05) is 0 Å². The van der Waals surface area contributed by atoms with Crippen LogP contribution in [0.1, 0.15) is 258 Å². The van der Waals surface area contributed by atoms with Crippen molar-refractivity contribution >= 4 is 11.8 Å². The van der Waals surface area contributed by atoms with Crippen molar-refractivity contribution in [1.82, 2.24) is 10.6 Å². The lowest BCUT2D eigenvalue weighted by Crippen LogP contribution is -2.24. The zero-order valence-corrected chi connectivity index (χ0v) is 33.1. The van der Waals surface area contributed by atoms with Gasteiger partial charge in [0, 0.05) is 25.9 Å². The quantitative estimate of drug-likeness (QED) is 0.0633. The molecule has 0 spiro atoms. The molecule has 0 aliphatic rings. The highest BCUT2D eigenvalue weighted by atomic mass is 16.2. The van der Waals surface area contributed by atoms with Gasteiger partial charge in [-0.3, -0.25) is 9.59 Å². The third kappa shape index (κ3) is 41.1. The average Bonchev–Trinajstić information content (AvgIpc) is 3.09. The molecule has 0 atom stereocenters. The SMILES string of the molecule is CCCCCCCCCCCCCCCCCCNC(=O)CCCCCCC(=O)NCCCCCCCCCCCCCCCCCC. The Balaban J connectivity index is 3.24. The van der Waals surface area contributed by atoms with Crippen molar-refractivity contribution in [1.29, 1.82) is 0 Å². The Bertz CT molecular complexity index is 583. The van der Waals surface area contributed by atoms with Crippen LogP contribution in [-0.2, 0) is 9.59 Å². The molecule has 0 aromatic heterocycles. The van der Waals surface area contributed by atoms with Crippen molar-refractivity contribution < 1.29 is 9.59 Å². The lowest BCUT2D eigenvalue weighted by Gasteiger charge is -2.07. The van der Waals surface area contributed by atoms with Crippen LogP contribution in [-0.4, -0.2) is 24.9 Å². The minimum absolute atomic E-state index is 0.201. The van der Waals surface area contributed by atoms with Gasteiger partial charge in [0.25, 0.3) is 0 Å². The number of hydrogen-bond acceptors (Lipinski definition) is 2. The van der Waals surface area contributed by atoms with Crippen molar-refractivity contribution in [2.75, 3.05) is 13.1 Å². The number of amides is 2. The Labute approximate surface area is 302 Å². The summed E-state index contributed by atoms with van der Waals surface area (Å²) in [6.07, 6.45) is 49.3. The maximum atomic E-state index is 12.1. The molecule has 0 bridgehead atoms. The van der Waals surface area contributed by atoms with Gasteiger partial charge in [0.15, 0.2) is 0 Å². The van der Waals surface area contributed by atoms with Gasteiger partial charge >= 0.3 is 0 Å². The standard InChI is InChI=1S/C44H88N2O2/c1-3-5-7-9-11-13-15-17-19-21-23-25-27-29-33-37-41-45-43(47)39-35-31-32-36-40-44(48)46-42-38-34-30-28-26-24-22-20-18-16-14-12-10-8-6-4-2/h3-42H2,1-2H3,(H,45,47)(H,46,48). The predicted molar refractivity (Wildman–Crippen MR) is 213 cm³/mol. The summed E-state index contributed by atoms with van der Waals surface area (Å²) in [6, 6.07) is 0. The fraction of sp³-hybridized carbons (Fsp3) is 0.955. The van der Waals surface area contributed by atoms with E-state index >= 15 is 0 Å². The highest BCUT2D eigenvalue weighted by Gasteiger charge is 2.03. The van der Waals surface area contributed by atoms with Gasteiger partial charge < -0.3 is 10.6 Å². The molecule has 286 valence electrons. The van der Waals surface area contributed by atoms with Gasteiger partial charge in [0.05, 0.1) is 0 Å². The summed E-state index contributed by atoms with van der Waals surface area (Å²) >= 11 is 0. The van der Waals surface area contributed by atoms with Crippen molar-refractivity contribution in [2.24, 2.45) is 0 Å². The van der Waals surface area contributed by atoms with Crippen molar-refractivity contribution in [3.8, 4) is 0 Å². The maximum Gasteiger partial charge on any atom is 0.219 e. The monoisotopic (exact) mass is 677 g/mol. The number of unbranched alkanes of at least 4 members (excludes halogenated alkanes) is 33. The first-order valence-electron chi connectivity index (χ1n) is 22.2. The molecule has 0 saturated heterocycles. The Morgan fingerprint density at radius 2 is 0.458 bits per heavy atom. The molecule has 0 aliphatic carbocycles. The van der Waals surface area contributed by atoms with Crippen LogP contribution < -0.4 is 10.6 Å². The first-order chi connectivity index (χ1) is 23.7. The summed E-state index contributed by atoms with van der Waals surface area (Å²) in [5.74, 6) is 0.403. The van der Waals surface area contributed by atoms with Crippen LogP contribution in [0.2, 0.25) is 0 Å². The molecule has 4 heteroatoms. The molecule has 0 rings (SSSR count). The van der Waals surface area contributed by atoms with E-state index in [0.717, 1.165) is 51.6 Å². The number of carbonyl (C=O) groups excluding carboxylic acids is 2. The second-order valence-corrected chi connectivity index (χ2v) is 15.2. The van der Waals surface area contributed by atoms with Gasteiger partial charge in [-0.1, -0.05) is 219 Å². The summed E-state index contributed by atoms with van der Waals surface area (Å²) in [6.45, 7) is 6.24. The lowest BCUT2D eigenvalue weighted by atomic mass is 10.0. The first kappa shape index (κ1) is 46.9. The van der Waals surface area contributed by atoms with E-state index in [1.54, 1.807) is 0 Å². The first-order valence-corrected chi connectivity index (χ1v) is 22.2. The predicted octanol–water partition coefficient (Wildman–Crippen LogP) is 14.1. The van der Waals surface area contributed by atoms with E-state index in [2.05, 4.69) is 24.5 Å². The number of carbonyl (C=O) groups is 2. The zero-order chi connectivity index (χ0) is 34.9. The van der Waals surface area contributed by atoms with Gasteiger partial charge in [0.1, 0.15) is 0 Å². The van der Waals surface area contributed by atoms with E-state index in [9.17, 15) is 9.59 Å². The number of rotatable bonds is 41. The largest absolute Gasteiger partial charge is 0.356 e. The Hall–Kier alpha value is -1.06. The molecule has 0 aromatic carbocycles. The molecule has 0 saturated carbocycles. The second kappa shape index (κ2) is 42.1. The normalized spacial score (nSPS) is 11.3. The molecule has 4 nitrogen and oxygen atoms in total. The van der Waals surface area contributed by atoms with Gasteiger partial charge in [-0.15, -0.1) is 0 Å². The maximum absolute atomic E-state index is 12.1. The van der Waals surface area contributed by atoms with Crippen LogP contribution in [0, 0.1) is 0 Å². The summed E-state index contributed by atoms with van der Waals surface area (Å²) in [4.78, 5) is 24.2. The van der Waals surface area contributed by atoms with E-state index in [1.165, 1.54) is 193 Å². The Morgan fingerprint density at radius 1 is 0.271 bits per heavy atom. The number of hydrogen-bond donors (Lipinski definition) is 2. The zero-order valence-electron chi connectivity index (χ0n) is 33.1. The van der Waals surface area contributed by atoms with E-state index in [4.69, 9.17) is 0 Å². The third-order valence-electron chi connectivity index (χ3n) is 10.3. The molecular formula is C44H88N2O2. The van der Waals surface area contributed by atoms with Crippen molar-refractivity contribution in [3.05, 3.63) is 0 Å². The van der Waals surface area contributed by atoms with Gasteiger partial charge in [-0.2, -0.15) is 0 Å². The molecule has 2 N–H and O–H groups in total. The lowest BCUT2D eigenvalue weighted by molar-refractivity contribution is -0.122. The molecule has 0 aromatic rings. The van der Waals surface area contributed by atoms with Crippen LogP contribution in [0.4, 0.5) is 0 Å². The molecule has 0 aliphatic heterocycles. The van der Waals surface area contributed by atoms with Crippen molar-refractivity contribution in [3.63, 3.8) is 0 Å². The molecule has 0 heterocycles. The van der Waals surface area contributed by atoms with Crippen LogP contribution in [0.5, 0.6) is 0 Å². The fourth-order valence-corrected chi connectivity index (χ4v) is 6.90. The number of nitrogens with one attached hydrogen (secondary N) is 2. The average molecular weight is 677 g/mol. The van der Waals surface area contributed by atoms with Crippen LogP contribution >= 0.6 is 0 Å². The summed E-state index contributed by atoms with van der Waals surface area (Å²) in [5.41, 5.74) is 0. The smallest absolute Gasteiger partial charge is 0.219 e. The van der Waals surface area contributed by atoms with E-state index < -0.39 is 0 Å². The van der Waals surface area contributed by atoms with Gasteiger partial charge in [-0.25, -0.2) is 0 Å². The molecule has 0 fully saturated rings. The van der Waals surface area contributed by atoms with Crippen LogP contribution in [0.25, 0.3) is 0 Å². The molecule has 2 amide bonds. The molecular weight excluding hydrogens is 588 g/mol. The highest BCUT2D eigenvalue weighted by molar-refractivity contribution is 5.76. The summed E-state index contributed by atoms with van der Waals surface area (Å²) < 4.78 is 0.